The van der Waals surface area contributed by atoms with Gasteiger partial charge in [-0.05, 0) is 49.2 Å². The monoisotopic (exact) mass is 335 g/mol. The summed E-state index contributed by atoms with van der Waals surface area (Å²) in [6.07, 6.45) is 3.86. The van der Waals surface area contributed by atoms with E-state index in [9.17, 15) is 4.79 Å². The van der Waals surface area contributed by atoms with E-state index in [0.717, 1.165) is 35.3 Å². The van der Waals surface area contributed by atoms with Gasteiger partial charge in [0.2, 0.25) is 5.90 Å². The van der Waals surface area contributed by atoms with E-state index < -0.39 is 5.97 Å². The number of nitrogens with zero attached hydrogens (tertiary/aromatic N) is 1. The summed E-state index contributed by atoms with van der Waals surface area (Å²) in [5.74, 6) is 0.739. The van der Waals surface area contributed by atoms with Crippen molar-refractivity contribution in [3.8, 4) is 5.75 Å². The topological polar surface area (TPSA) is 47.9 Å². The van der Waals surface area contributed by atoms with Crippen LogP contribution in [-0.2, 0) is 9.53 Å². The second-order valence-electron chi connectivity index (χ2n) is 5.97. The molecule has 1 aliphatic heterocycles. The molecular weight excluding hydrogens is 314 g/mol. The van der Waals surface area contributed by atoms with Gasteiger partial charge in [-0.25, -0.2) is 9.79 Å². The van der Waals surface area contributed by atoms with Gasteiger partial charge in [-0.1, -0.05) is 43.2 Å². The number of carbonyl (C=O) groups is 1. The summed E-state index contributed by atoms with van der Waals surface area (Å²) in [7, 11) is 0. The van der Waals surface area contributed by atoms with Gasteiger partial charge in [0.15, 0.2) is 5.70 Å². The van der Waals surface area contributed by atoms with Gasteiger partial charge in [-0.2, -0.15) is 0 Å². The van der Waals surface area contributed by atoms with Crippen molar-refractivity contribution in [2.75, 3.05) is 6.61 Å². The normalized spacial score (nSPS) is 15.2. The number of rotatable bonds is 6. The molecule has 1 heterocycles. The number of hydrogen-bond donors (Lipinski definition) is 0. The van der Waals surface area contributed by atoms with Crippen LogP contribution in [0.2, 0.25) is 0 Å². The van der Waals surface area contributed by atoms with Gasteiger partial charge in [-0.3, -0.25) is 0 Å². The van der Waals surface area contributed by atoms with Crippen LogP contribution in [0.3, 0.4) is 0 Å². The van der Waals surface area contributed by atoms with Crippen LogP contribution in [0.15, 0.2) is 59.2 Å². The molecule has 0 aromatic heterocycles. The Hall–Kier alpha value is -2.88. The largest absolute Gasteiger partial charge is 0.494 e. The summed E-state index contributed by atoms with van der Waals surface area (Å²) in [6.45, 7) is 4.85. The molecule has 0 unspecified atom stereocenters. The summed E-state index contributed by atoms with van der Waals surface area (Å²) in [5, 5.41) is 0. The Kier molecular flexibility index (Phi) is 5.29. The Morgan fingerprint density at radius 3 is 2.48 bits per heavy atom. The van der Waals surface area contributed by atoms with E-state index in [2.05, 4.69) is 11.9 Å². The molecule has 0 N–H and O–H groups in total. The molecule has 0 bridgehead atoms. The minimum absolute atomic E-state index is 0.301. The molecule has 0 spiro atoms. The van der Waals surface area contributed by atoms with Gasteiger partial charge in [0, 0.05) is 5.56 Å². The molecule has 0 aliphatic carbocycles. The lowest BCUT2D eigenvalue weighted by molar-refractivity contribution is -0.129. The van der Waals surface area contributed by atoms with Crippen LogP contribution in [0.25, 0.3) is 6.08 Å². The van der Waals surface area contributed by atoms with Gasteiger partial charge in [-0.15, -0.1) is 0 Å². The molecule has 128 valence electrons. The smallest absolute Gasteiger partial charge is 0.363 e. The van der Waals surface area contributed by atoms with Crippen molar-refractivity contribution in [1.82, 2.24) is 0 Å². The quantitative estimate of drug-likeness (QED) is 0.443. The van der Waals surface area contributed by atoms with Crippen LogP contribution in [0.1, 0.15) is 36.5 Å². The Balaban J connectivity index is 1.74. The Morgan fingerprint density at radius 2 is 1.80 bits per heavy atom. The Labute approximate surface area is 147 Å². The van der Waals surface area contributed by atoms with Crippen LogP contribution in [-0.4, -0.2) is 18.5 Å². The van der Waals surface area contributed by atoms with E-state index in [1.165, 1.54) is 0 Å². The average Bonchev–Trinajstić information content (AvgIpc) is 2.98. The predicted molar refractivity (Wildman–Crippen MR) is 98.6 cm³/mol. The predicted octanol–water partition coefficient (Wildman–Crippen LogP) is 4.52. The van der Waals surface area contributed by atoms with Crippen LogP contribution in [0, 0.1) is 6.92 Å². The minimum Gasteiger partial charge on any atom is -0.494 e. The number of ether oxygens (including phenoxy) is 2. The van der Waals surface area contributed by atoms with Crippen molar-refractivity contribution in [1.29, 1.82) is 0 Å². The highest BCUT2D eigenvalue weighted by Crippen LogP contribution is 2.21. The molecule has 0 saturated heterocycles. The third-order valence-corrected chi connectivity index (χ3v) is 3.87. The average molecular weight is 335 g/mol. The second kappa shape index (κ2) is 7.79. The molecule has 4 nitrogen and oxygen atoms in total. The lowest BCUT2D eigenvalue weighted by Gasteiger charge is -2.05. The number of esters is 1. The maximum absolute atomic E-state index is 12.0. The third kappa shape index (κ3) is 4.35. The second-order valence-corrected chi connectivity index (χ2v) is 5.97. The number of unbranched alkanes of at least 4 members (excludes halogenated alkanes) is 1. The maximum atomic E-state index is 12.0. The van der Waals surface area contributed by atoms with Crippen molar-refractivity contribution in [3.63, 3.8) is 0 Å². The van der Waals surface area contributed by atoms with E-state index in [1.54, 1.807) is 6.08 Å². The summed E-state index contributed by atoms with van der Waals surface area (Å²) < 4.78 is 10.9. The van der Waals surface area contributed by atoms with Gasteiger partial charge in [0.1, 0.15) is 5.75 Å². The number of benzene rings is 2. The first kappa shape index (κ1) is 17.0. The zero-order chi connectivity index (χ0) is 17.6. The van der Waals surface area contributed by atoms with Crippen molar-refractivity contribution in [3.05, 3.63) is 70.9 Å². The van der Waals surface area contributed by atoms with Gasteiger partial charge < -0.3 is 9.47 Å². The van der Waals surface area contributed by atoms with Crippen LogP contribution < -0.4 is 4.74 Å². The number of hydrogen-bond acceptors (Lipinski definition) is 4. The Bertz CT molecular complexity index is 802. The highest BCUT2D eigenvalue weighted by Gasteiger charge is 2.23. The van der Waals surface area contributed by atoms with Gasteiger partial charge in [0.05, 0.1) is 6.61 Å². The van der Waals surface area contributed by atoms with E-state index in [0.29, 0.717) is 18.2 Å². The fourth-order valence-corrected chi connectivity index (χ4v) is 2.38. The first-order valence-corrected chi connectivity index (χ1v) is 8.48. The lowest BCUT2D eigenvalue weighted by atomic mass is 10.1. The van der Waals surface area contributed by atoms with Gasteiger partial charge >= 0.3 is 5.97 Å². The molecule has 0 atom stereocenters. The van der Waals surface area contributed by atoms with Crippen LogP contribution >= 0.6 is 0 Å². The van der Waals surface area contributed by atoms with Gasteiger partial charge in [0.25, 0.3) is 0 Å². The SMILES string of the molecule is CCCCOc1ccc(C=C2N=C(c3ccc(C)cc3)OC2=O)cc1. The van der Waals surface area contributed by atoms with Crippen molar-refractivity contribution in [2.45, 2.75) is 26.7 Å². The summed E-state index contributed by atoms with van der Waals surface area (Å²) >= 11 is 0. The highest BCUT2D eigenvalue weighted by atomic mass is 16.6. The molecule has 0 amide bonds. The summed E-state index contributed by atoms with van der Waals surface area (Å²) in [5.41, 5.74) is 3.12. The van der Waals surface area contributed by atoms with Crippen molar-refractivity contribution < 1.29 is 14.3 Å². The highest BCUT2D eigenvalue weighted by molar-refractivity contribution is 6.12. The molecule has 3 rings (SSSR count). The zero-order valence-corrected chi connectivity index (χ0v) is 14.5. The number of aryl methyl sites for hydroxylation is 1. The Morgan fingerprint density at radius 1 is 1.08 bits per heavy atom. The lowest BCUT2D eigenvalue weighted by Crippen LogP contribution is -2.05. The molecule has 2 aromatic rings. The fraction of sp³-hybridized carbons (Fsp3) is 0.238. The van der Waals surface area contributed by atoms with E-state index in [-0.39, 0.29) is 0 Å². The molecule has 4 heteroatoms. The van der Waals surface area contributed by atoms with Crippen LogP contribution in [0.4, 0.5) is 0 Å². The first-order valence-electron chi connectivity index (χ1n) is 8.48. The van der Waals surface area contributed by atoms with E-state index in [1.807, 2.05) is 55.5 Å². The molecule has 25 heavy (non-hydrogen) atoms. The number of carbonyl (C=O) groups excluding carboxylic acids is 1. The molecule has 1 aliphatic rings. The molecule has 0 saturated carbocycles. The molecule has 0 radical (unpaired) electrons. The van der Waals surface area contributed by atoms with Crippen molar-refractivity contribution >= 4 is 17.9 Å². The van der Waals surface area contributed by atoms with E-state index >= 15 is 0 Å². The minimum atomic E-state index is -0.432. The molecule has 2 aromatic carbocycles. The molecule has 0 fully saturated rings. The van der Waals surface area contributed by atoms with Crippen LogP contribution in [0.5, 0.6) is 5.75 Å². The van der Waals surface area contributed by atoms with Crippen molar-refractivity contribution in [2.24, 2.45) is 4.99 Å². The fourth-order valence-electron chi connectivity index (χ4n) is 2.38. The number of cyclic esters (lactones) is 1. The maximum Gasteiger partial charge on any atom is 0.363 e. The van der Waals surface area contributed by atoms with E-state index in [4.69, 9.17) is 9.47 Å². The number of aliphatic imine (C=N–C) groups is 1. The summed E-state index contributed by atoms with van der Waals surface area (Å²) in [4.78, 5) is 16.4. The molecular formula is C21H21NO3. The summed E-state index contributed by atoms with van der Waals surface area (Å²) in [6, 6.07) is 15.3. The standard InChI is InChI=1S/C21H21NO3/c1-3-4-13-24-18-11-7-16(8-12-18)14-19-21(23)25-20(22-19)17-9-5-15(2)6-10-17/h5-12,14H,3-4,13H2,1-2H3. The first-order chi connectivity index (χ1) is 12.2. The zero-order valence-electron chi connectivity index (χ0n) is 14.5. The third-order valence-electron chi connectivity index (χ3n) is 3.87.